The number of hydrogen-bond acceptors (Lipinski definition) is 6. The number of nitrogens with zero attached hydrogens (tertiary/aromatic N) is 2. The fourth-order valence-electron chi connectivity index (χ4n) is 3.70. The van der Waals surface area contributed by atoms with Crippen molar-refractivity contribution in [3.63, 3.8) is 0 Å². The van der Waals surface area contributed by atoms with Gasteiger partial charge in [-0.05, 0) is 70.9 Å². The third-order valence-corrected chi connectivity index (χ3v) is 6.94. The van der Waals surface area contributed by atoms with E-state index in [0.717, 1.165) is 22.2 Å². The zero-order valence-corrected chi connectivity index (χ0v) is 21.3. The summed E-state index contributed by atoms with van der Waals surface area (Å²) in [6, 6.07) is 18.7. The first-order chi connectivity index (χ1) is 16.9. The number of fused-ring (bicyclic) bond motifs is 3. The average Bonchev–Trinajstić information content (AvgIpc) is 3.35. The van der Waals surface area contributed by atoms with E-state index in [2.05, 4.69) is 26.2 Å². The highest BCUT2D eigenvalue weighted by Gasteiger charge is 2.15. The van der Waals surface area contributed by atoms with Gasteiger partial charge >= 0.3 is 0 Å². The molecule has 0 saturated carbocycles. The molecule has 1 N–H and O–H groups in total. The van der Waals surface area contributed by atoms with Gasteiger partial charge in [0.05, 0.1) is 27.1 Å². The van der Waals surface area contributed by atoms with Gasteiger partial charge in [0.25, 0.3) is 11.5 Å². The highest BCUT2D eigenvalue weighted by molar-refractivity contribution is 9.10. The number of methoxy groups -OCH3 is 1. The Hall–Kier alpha value is -3.69. The van der Waals surface area contributed by atoms with E-state index in [0.29, 0.717) is 31.2 Å². The summed E-state index contributed by atoms with van der Waals surface area (Å²) in [7, 11) is 1.52. The Bertz CT molecular complexity index is 1680. The van der Waals surface area contributed by atoms with Gasteiger partial charge < -0.3 is 14.8 Å². The number of nitrogens with one attached hydrogen (secondary N) is 1. The second-order valence-electron chi connectivity index (χ2n) is 7.87. The van der Waals surface area contributed by atoms with Gasteiger partial charge in [-0.15, -0.1) is 0 Å². The Morgan fingerprint density at radius 2 is 1.94 bits per heavy atom. The van der Waals surface area contributed by atoms with Crippen LogP contribution in [-0.2, 0) is 4.79 Å². The second kappa shape index (κ2) is 9.52. The molecule has 0 atom stereocenters. The number of amides is 1. The normalized spacial score (nSPS) is 11.8. The molecular weight excluding hydrogens is 530 g/mol. The van der Waals surface area contributed by atoms with Crippen molar-refractivity contribution < 1.29 is 14.3 Å². The van der Waals surface area contributed by atoms with E-state index in [4.69, 9.17) is 9.47 Å². The Kier molecular flexibility index (Phi) is 6.27. The maximum absolute atomic E-state index is 13.1. The number of aryl methyl sites for hydroxylation is 1. The second-order valence-corrected chi connectivity index (χ2v) is 9.73. The molecule has 5 rings (SSSR count). The Morgan fingerprint density at radius 3 is 2.71 bits per heavy atom. The van der Waals surface area contributed by atoms with Crippen LogP contribution in [0.3, 0.4) is 0 Å². The molecule has 0 aliphatic carbocycles. The van der Waals surface area contributed by atoms with Gasteiger partial charge in [-0.25, -0.2) is 9.38 Å². The number of carbonyl (C=O) groups excluding carboxylic acids is 1. The molecule has 0 saturated heterocycles. The predicted octanol–water partition coefficient (Wildman–Crippen LogP) is 4.55. The van der Waals surface area contributed by atoms with E-state index in [1.54, 1.807) is 16.5 Å². The fraction of sp³-hybridized carbons (Fsp3) is 0.115. The van der Waals surface area contributed by atoms with Gasteiger partial charge in [-0.2, -0.15) is 0 Å². The quantitative estimate of drug-likeness (QED) is 0.336. The molecule has 5 aromatic rings. The smallest absolute Gasteiger partial charge is 0.274 e. The van der Waals surface area contributed by atoms with Crippen LogP contribution in [0.5, 0.6) is 11.5 Å². The van der Waals surface area contributed by atoms with E-state index >= 15 is 0 Å². The number of hydrogen-bond donors (Lipinski definition) is 1. The molecule has 0 fully saturated rings. The minimum absolute atomic E-state index is 0.123. The fourth-order valence-corrected chi connectivity index (χ4v) is 5.26. The molecule has 0 unspecified atom stereocenters. The SMILES string of the molecule is COc1cc(/C=c2\sc3nc4ccccc4n3c2=O)cc(Br)c1OCC(=O)Nc1ccc(C)cc1. The molecule has 2 aromatic heterocycles. The van der Waals surface area contributed by atoms with Crippen LogP contribution in [0.25, 0.3) is 22.1 Å². The number of benzene rings is 3. The number of thiazole rings is 1. The molecule has 0 radical (unpaired) electrons. The van der Waals surface area contributed by atoms with Crippen molar-refractivity contribution in [2.75, 3.05) is 19.0 Å². The molecule has 176 valence electrons. The van der Waals surface area contributed by atoms with Gasteiger partial charge in [0.2, 0.25) is 0 Å². The van der Waals surface area contributed by atoms with Crippen LogP contribution >= 0.6 is 27.3 Å². The summed E-state index contributed by atoms with van der Waals surface area (Å²) in [5, 5.41) is 2.80. The van der Waals surface area contributed by atoms with E-state index < -0.39 is 0 Å². The third kappa shape index (κ3) is 4.65. The number of ether oxygens (including phenoxy) is 2. The van der Waals surface area contributed by atoms with Crippen molar-refractivity contribution in [2.24, 2.45) is 0 Å². The van der Waals surface area contributed by atoms with Crippen LogP contribution in [0.2, 0.25) is 0 Å². The van der Waals surface area contributed by atoms with Crippen LogP contribution < -0.4 is 24.9 Å². The van der Waals surface area contributed by atoms with Gasteiger partial charge in [0.1, 0.15) is 0 Å². The molecule has 35 heavy (non-hydrogen) atoms. The number of halogens is 1. The molecule has 2 heterocycles. The third-order valence-electron chi connectivity index (χ3n) is 5.38. The van der Waals surface area contributed by atoms with E-state index in [1.807, 2.05) is 61.5 Å². The summed E-state index contributed by atoms with van der Waals surface area (Å²) in [5.74, 6) is 0.551. The average molecular weight is 550 g/mol. The highest BCUT2D eigenvalue weighted by Crippen LogP contribution is 2.37. The molecule has 9 heteroatoms. The van der Waals surface area contributed by atoms with Crippen LogP contribution in [0.15, 0.2) is 69.9 Å². The summed E-state index contributed by atoms with van der Waals surface area (Å²) in [6.07, 6.45) is 1.79. The number of carbonyl (C=O) groups is 1. The zero-order chi connectivity index (χ0) is 24.5. The van der Waals surface area contributed by atoms with E-state index in [1.165, 1.54) is 18.4 Å². The van der Waals surface area contributed by atoms with Crippen LogP contribution in [0, 0.1) is 6.92 Å². The van der Waals surface area contributed by atoms with Crippen molar-refractivity contribution >= 4 is 60.9 Å². The highest BCUT2D eigenvalue weighted by atomic mass is 79.9. The van der Waals surface area contributed by atoms with Crippen molar-refractivity contribution in [1.82, 2.24) is 9.38 Å². The zero-order valence-electron chi connectivity index (χ0n) is 18.9. The molecule has 0 spiro atoms. The lowest BCUT2D eigenvalue weighted by atomic mass is 10.2. The van der Waals surface area contributed by atoms with Crippen molar-refractivity contribution in [1.29, 1.82) is 0 Å². The molecular formula is C26H20BrN3O4S. The molecule has 0 aliphatic rings. The summed E-state index contributed by atoms with van der Waals surface area (Å²) in [4.78, 5) is 30.6. The molecule has 0 bridgehead atoms. The van der Waals surface area contributed by atoms with Gasteiger partial charge in [0.15, 0.2) is 23.1 Å². The van der Waals surface area contributed by atoms with Gasteiger partial charge in [-0.3, -0.25) is 9.59 Å². The number of anilines is 1. The lowest BCUT2D eigenvalue weighted by Crippen LogP contribution is -2.22. The minimum atomic E-state index is -0.288. The summed E-state index contributed by atoms with van der Waals surface area (Å²) >= 11 is 4.83. The van der Waals surface area contributed by atoms with Crippen LogP contribution in [0.1, 0.15) is 11.1 Å². The number of para-hydroxylation sites is 2. The molecule has 7 nitrogen and oxygen atoms in total. The topological polar surface area (TPSA) is 81.9 Å². The van der Waals surface area contributed by atoms with E-state index in [9.17, 15) is 9.59 Å². The van der Waals surface area contributed by atoms with Crippen LogP contribution in [-0.4, -0.2) is 29.0 Å². The lowest BCUT2D eigenvalue weighted by Gasteiger charge is -2.13. The maximum Gasteiger partial charge on any atom is 0.274 e. The van der Waals surface area contributed by atoms with Crippen molar-refractivity contribution in [3.8, 4) is 11.5 Å². The molecule has 3 aromatic carbocycles. The standard InChI is InChI=1S/C26H20BrN3O4S/c1-15-7-9-17(10-8-15)28-23(31)14-34-24-18(27)11-16(12-21(24)33-2)13-22-25(32)30-20-6-4-3-5-19(20)29-26(30)35-22/h3-13H,14H2,1-2H3,(H,28,31)/b22-13-. The number of aromatic nitrogens is 2. The Morgan fingerprint density at radius 1 is 1.17 bits per heavy atom. The first-order valence-corrected chi connectivity index (χ1v) is 12.3. The van der Waals surface area contributed by atoms with E-state index in [-0.39, 0.29) is 18.1 Å². The maximum atomic E-state index is 13.1. The van der Waals surface area contributed by atoms with Crippen LogP contribution in [0.4, 0.5) is 5.69 Å². The Labute approximate surface area is 212 Å². The summed E-state index contributed by atoms with van der Waals surface area (Å²) in [5.41, 5.74) is 4.01. The van der Waals surface area contributed by atoms with Crippen molar-refractivity contribution in [3.05, 3.63) is 91.1 Å². The number of rotatable bonds is 6. The first kappa shape index (κ1) is 23.1. The largest absolute Gasteiger partial charge is 0.493 e. The van der Waals surface area contributed by atoms with Gasteiger partial charge in [0, 0.05) is 5.69 Å². The molecule has 1 amide bonds. The lowest BCUT2D eigenvalue weighted by molar-refractivity contribution is -0.118. The first-order valence-electron chi connectivity index (χ1n) is 10.7. The minimum Gasteiger partial charge on any atom is -0.493 e. The summed E-state index contributed by atoms with van der Waals surface area (Å²) < 4.78 is 14.0. The Balaban J connectivity index is 1.40. The number of imidazole rings is 1. The predicted molar refractivity (Wildman–Crippen MR) is 142 cm³/mol. The molecule has 0 aliphatic heterocycles. The van der Waals surface area contributed by atoms with Gasteiger partial charge in [-0.1, -0.05) is 41.2 Å². The summed E-state index contributed by atoms with van der Waals surface area (Å²) in [6.45, 7) is 1.79. The van der Waals surface area contributed by atoms with Crippen molar-refractivity contribution in [2.45, 2.75) is 6.92 Å². The monoisotopic (exact) mass is 549 g/mol.